The van der Waals surface area contributed by atoms with Crippen molar-refractivity contribution in [1.29, 1.82) is 0 Å². The maximum absolute atomic E-state index is 11.7. The molecule has 2 aromatic rings. The van der Waals surface area contributed by atoms with Crippen molar-refractivity contribution in [1.82, 2.24) is 15.3 Å². The number of carbonyl (C=O) groups is 1. The van der Waals surface area contributed by atoms with Crippen LogP contribution in [0, 0.1) is 5.41 Å². The number of pyridine rings is 1. The average molecular weight is 289 g/mol. The van der Waals surface area contributed by atoms with Crippen LogP contribution in [0.1, 0.15) is 26.5 Å². The van der Waals surface area contributed by atoms with Gasteiger partial charge in [-0.15, -0.1) is 11.3 Å². The molecule has 106 valence electrons. The van der Waals surface area contributed by atoms with Gasteiger partial charge >= 0.3 is 0 Å². The van der Waals surface area contributed by atoms with E-state index in [9.17, 15) is 4.79 Å². The average Bonchev–Trinajstić information content (AvgIpc) is 2.87. The van der Waals surface area contributed by atoms with Crippen molar-refractivity contribution in [2.24, 2.45) is 5.41 Å². The molecule has 1 N–H and O–H groups in total. The SMILES string of the molecule is CC(C)(C)C(=O)NCCc1csc(-c2cccnc2)n1. The van der Waals surface area contributed by atoms with Crippen LogP contribution in [-0.2, 0) is 11.2 Å². The second-order valence-electron chi connectivity index (χ2n) is 5.64. The van der Waals surface area contributed by atoms with E-state index in [-0.39, 0.29) is 11.3 Å². The second kappa shape index (κ2) is 6.13. The Morgan fingerprint density at radius 1 is 1.40 bits per heavy atom. The fraction of sp³-hybridized carbons (Fsp3) is 0.400. The van der Waals surface area contributed by atoms with Gasteiger partial charge in [0.05, 0.1) is 5.69 Å². The summed E-state index contributed by atoms with van der Waals surface area (Å²) in [7, 11) is 0. The summed E-state index contributed by atoms with van der Waals surface area (Å²) in [5.41, 5.74) is 1.69. The van der Waals surface area contributed by atoms with Crippen LogP contribution in [0.4, 0.5) is 0 Å². The van der Waals surface area contributed by atoms with E-state index in [4.69, 9.17) is 0 Å². The molecule has 1 amide bonds. The lowest BCUT2D eigenvalue weighted by Crippen LogP contribution is -2.35. The summed E-state index contributed by atoms with van der Waals surface area (Å²) >= 11 is 1.60. The number of nitrogens with one attached hydrogen (secondary N) is 1. The minimum absolute atomic E-state index is 0.0696. The molecule has 0 spiro atoms. The van der Waals surface area contributed by atoms with E-state index in [1.54, 1.807) is 17.5 Å². The predicted molar refractivity (Wildman–Crippen MR) is 81.5 cm³/mol. The lowest BCUT2D eigenvalue weighted by Gasteiger charge is -2.17. The molecule has 0 bridgehead atoms. The first-order chi connectivity index (χ1) is 9.47. The van der Waals surface area contributed by atoms with Crippen molar-refractivity contribution in [3.8, 4) is 10.6 Å². The van der Waals surface area contributed by atoms with Crippen molar-refractivity contribution in [3.63, 3.8) is 0 Å². The van der Waals surface area contributed by atoms with E-state index in [2.05, 4.69) is 15.3 Å². The lowest BCUT2D eigenvalue weighted by atomic mass is 9.96. The molecule has 2 aromatic heterocycles. The monoisotopic (exact) mass is 289 g/mol. The van der Waals surface area contributed by atoms with E-state index in [0.29, 0.717) is 6.54 Å². The van der Waals surface area contributed by atoms with Crippen LogP contribution in [0.25, 0.3) is 10.6 Å². The number of carbonyl (C=O) groups excluding carboxylic acids is 1. The van der Waals surface area contributed by atoms with E-state index in [1.807, 2.05) is 44.5 Å². The van der Waals surface area contributed by atoms with Gasteiger partial charge in [-0.3, -0.25) is 9.78 Å². The van der Waals surface area contributed by atoms with Crippen molar-refractivity contribution < 1.29 is 4.79 Å². The molecular weight excluding hydrogens is 270 g/mol. The fourth-order valence-electron chi connectivity index (χ4n) is 1.61. The van der Waals surface area contributed by atoms with Crippen LogP contribution in [0.5, 0.6) is 0 Å². The summed E-state index contributed by atoms with van der Waals surface area (Å²) in [5, 5.41) is 5.93. The minimum Gasteiger partial charge on any atom is -0.355 e. The highest BCUT2D eigenvalue weighted by Crippen LogP contribution is 2.22. The van der Waals surface area contributed by atoms with Gasteiger partial charge in [-0.1, -0.05) is 20.8 Å². The van der Waals surface area contributed by atoms with Crippen molar-refractivity contribution >= 4 is 17.2 Å². The Morgan fingerprint density at radius 3 is 2.85 bits per heavy atom. The number of aromatic nitrogens is 2. The first-order valence-electron chi connectivity index (χ1n) is 6.60. The van der Waals surface area contributed by atoms with Crippen LogP contribution in [0.15, 0.2) is 29.9 Å². The topological polar surface area (TPSA) is 54.9 Å². The van der Waals surface area contributed by atoms with Gasteiger partial charge in [0.2, 0.25) is 5.91 Å². The van der Waals surface area contributed by atoms with Gasteiger partial charge in [-0.2, -0.15) is 0 Å². The molecule has 0 aliphatic heterocycles. The van der Waals surface area contributed by atoms with Crippen LogP contribution in [-0.4, -0.2) is 22.4 Å². The summed E-state index contributed by atoms with van der Waals surface area (Å²) < 4.78 is 0. The highest BCUT2D eigenvalue weighted by molar-refractivity contribution is 7.13. The molecular formula is C15H19N3OS. The van der Waals surface area contributed by atoms with Crippen molar-refractivity contribution in [2.45, 2.75) is 27.2 Å². The number of rotatable bonds is 4. The Bertz CT molecular complexity index is 572. The lowest BCUT2D eigenvalue weighted by molar-refractivity contribution is -0.128. The molecule has 0 fully saturated rings. The van der Waals surface area contributed by atoms with Gasteiger partial charge in [-0.05, 0) is 12.1 Å². The number of hydrogen-bond acceptors (Lipinski definition) is 4. The molecule has 0 atom stereocenters. The fourth-order valence-corrected chi connectivity index (χ4v) is 2.46. The van der Waals surface area contributed by atoms with E-state index >= 15 is 0 Å². The van der Waals surface area contributed by atoms with Crippen molar-refractivity contribution in [2.75, 3.05) is 6.54 Å². The smallest absolute Gasteiger partial charge is 0.225 e. The van der Waals surface area contributed by atoms with E-state index in [1.165, 1.54) is 0 Å². The Labute approximate surface area is 123 Å². The maximum atomic E-state index is 11.7. The number of nitrogens with zero attached hydrogens (tertiary/aromatic N) is 2. The van der Waals surface area contributed by atoms with Crippen LogP contribution in [0.3, 0.4) is 0 Å². The molecule has 0 unspecified atom stereocenters. The Kier molecular flexibility index (Phi) is 4.49. The van der Waals surface area contributed by atoms with Gasteiger partial charge in [0.15, 0.2) is 0 Å². The molecule has 5 heteroatoms. The van der Waals surface area contributed by atoms with E-state index in [0.717, 1.165) is 22.7 Å². The molecule has 0 aliphatic carbocycles. The summed E-state index contributed by atoms with van der Waals surface area (Å²) in [6, 6.07) is 3.90. The summed E-state index contributed by atoms with van der Waals surface area (Å²) in [6.45, 7) is 6.34. The summed E-state index contributed by atoms with van der Waals surface area (Å²) in [4.78, 5) is 20.4. The molecule has 2 rings (SSSR count). The minimum atomic E-state index is -0.344. The van der Waals surface area contributed by atoms with Crippen molar-refractivity contribution in [3.05, 3.63) is 35.6 Å². The molecule has 20 heavy (non-hydrogen) atoms. The summed E-state index contributed by atoms with van der Waals surface area (Å²) in [5.74, 6) is 0.0696. The third-order valence-corrected chi connectivity index (χ3v) is 3.75. The predicted octanol–water partition coefficient (Wildman–Crippen LogP) is 2.91. The molecule has 0 radical (unpaired) electrons. The molecule has 0 saturated heterocycles. The molecule has 4 nitrogen and oxygen atoms in total. The van der Waals surface area contributed by atoms with Gasteiger partial charge in [0.25, 0.3) is 0 Å². The molecule has 2 heterocycles. The van der Waals surface area contributed by atoms with E-state index < -0.39 is 0 Å². The second-order valence-corrected chi connectivity index (χ2v) is 6.50. The van der Waals surface area contributed by atoms with Crippen LogP contribution < -0.4 is 5.32 Å². The first kappa shape index (κ1) is 14.7. The standard InChI is InChI=1S/C15H19N3OS/c1-15(2,3)14(19)17-8-6-12-10-20-13(18-12)11-5-4-7-16-9-11/h4-5,7,9-10H,6,8H2,1-3H3,(H,17,19). The first-order valence-corrected chi connectivity index (χ1v) is 7.48. The van der Waals surface area contributed by atoms with Gasteiger partial charge in [-0.25, -0.2) is 4.98 Å². The molecule has 0 aromatic carbocycles. The van der Waals surface area contributed by atoms with Crippen LogP contribution in [0.2, 0.25) is 0 Å². The van der Waals surface area contributed by atoms with Crippen LogP contribution >= 0.6 is 11.3 Å². The van der Waals surface area contributed by atoms with Gasteiger partial charge < -0.3 is 5.32 Å². The van der Waals surface area contributed by atoms with Gasteiger partial charge in [0, 0.05) is 41.7 Å². The summed E-state index contributed by atoms with van der Waals surface area (Å²) in [6.07, 6.45) is 4.31. The number of amides is 1. The maximum Gasteiger partial charge on any atom is 0.225 e. The highest BCUT2D eigenvalue weighted by atomic mass is 32.1. The molecule has 0 aliphatic rings. The van der Waals surface area contributed by atoms with Gasteiger partial charge in [0.1, 0.15) is 5.01 Å². The Hall–Kier alpha value is -1.75. The number of hydrogen-bond donors (Lipinski definition) is 1. The third-order valence-electron chi connectivity index (χ3n) is 2.81. The Morgan fingerprint density at radius 2 is 2.20 bits per heavy atom. The zero-order chi connectivity index (χ0) is 14.6. The third kappa shape index (κ3) is 3.87. The normalized spacial score (nSPS) is 11.3. The highest BCUT2D eigenvalue weighted by Gasteiger charge is 2.20. The Balaban J connectivity index is 1.90. The zero-order valence-electron chi connectivity index (χ0n) is 12.0. The largest absolute Gasteiger partial charge is 0.355 e. The quantitative estimate of drug-likeness (QED) is 0.941. The number of thiazole rings is 1. The zero-order valence-corrected chi connectivity index (χ0v) is 12.8. The molecule has 0 saturated carbocycles.